The van der Waals surface area contributed by atoms with Crippen LogP contribution in [0.3, 0.4) is 0 Å². The number of hydrogen-bond acceptors (Lipinski definition) is 1. The average Bonchev–Trinajstić information content (AvgIpc) is 2.64. The average molecular weight is 254 g/mol. The fourth-order valence-corrected chi connectivity index (χ4v) is 5.34. The molecule has 1 aromatic carbocycles. The van der Waals surface area contributed by atoms with Crippen LogP contribution in [0.1, 0.15) is 55.3 Å². The Labute approximate surface area is 115 Å². The Bertz CT molecular complexity index is 476. The third-order valence-electron chi connectivity index (χ3n) is 5.91. The molecule has 4 fully saturated rings. The molecule has 100 valence electrons. The van der Waals surface area contributed by atoms with E-state index in [4.69, 9.17) is 0 Å². The Morgan fingerprint density at radius 3 is 2.26 bits per heavy atom. The molecule has 0 aliphatic heterocycles. The van der Waals surface area contributed by atoms with E-state index in [1.54, 1.807) is 0 Å². The van der Waals surface area contributed by atoms with E-state index in [1.165, 1.54) is 38.5 Å². The Hall–Kier alpha value is -1.11. The number of rotatable bonds is 2. The quantitative estimate of drug-likeness (QED) is 0.711. The first-order chi connectivity index (χ1) is 9.25. The smallest absolute Gasteiger partial charge is 0.169 e. The van der Waals surface area contributed by atoms with Crippen LogP contribution in [0.25, 0.3) is 0 Å². The van der Waals surface area contributed by atoms with Gasteiger partial charge in [0, 0.05) is 11.0 Å². The standard InChI is InChI=1S/C18H22O/c19-17(16-4-2-1-3-5-16)18-7-6-13-8-14(11-18)10-15(9-13)12-18/h1-5,13-15H,6-12H2/t13?,14-,15-,18?/m0/s1. The number of Topliss-reactive ketones (excluding diaryl/α,β-unsaturated/α-hetero) is 1. The number of fused-ring (bicyclic) bond motifs is 1. The lowest BCUT2D eigenvalue weighted by molar-refractivity contribution is 0.0466. The molecule has 4 aliphatic carbocycles. The highest BCUT2D eigenvalue weighted by Gasteiger charge is 2.51. The lowest BCUT2D eigenvalue weighted by Gasteiger charge is -2.44. The minimum atomic E-state index is 0.000185. The van der Waals surface area contributed by atoms with Crippen molar-refractivity contribution in [2.75, 3.05) is 0 Å². The Morgan fingerprint density at radius 1 is 0.947 bits per heavy atom. The fourth-order valence-electron chi connectivity index (χ4n) is 5.34. The molecule has 4 saturated carbocycles. The molecule has 2 atom stereocenters. The molecule has 4 aliphatic rings. The zero-order valence-electron chi connectivity index (χ0n) is 11.5. The van der Waals surface area contributed by atoms with Gasteiger partial charge in [-0.05, 0) is 62.7 Å². The number of hydrogen-bond donors (Lipinski definition) is 0. The van der Waals surface area contributed by atoms with Crippen LogP contribution >= 0.6 is 0 Å². The van der Waals surface area contributed by atoms with Gasteiger partial charge in [-0.15, -0.1) is 0 Å². The van der Waals surface area contributed by atoms with E-state index in [9.17, 15) is 4.79 Å². The normalized spacial score (nSPS) is 40.1. The third kappa shape index (κ3) is 1.86. The number of ketones is 1. The maximum Gasteiger partial charge on any atom is 0.169 e. The molecule has 1 heteroatoms. The summed E-state index contributed by atoms with van der Waals surface area (Å²) in [6.45, 7) is 0. The van der Waals surface area contributed by atoms with Crippen LogP contribution in [-0.2, 0) is 0 Å². The van der Waals surface area contributed by atoms with Gasteiger partial charge < -0.3 is 0 Å². The van der Waals surface area contributed by atoms with Gasteiger partial charge in [-0.25, -0.2) is 0 Å². The second kappa shape index (κ2) is 4.19. The molecule has 0 unspecified atom stereocenters. The largest absolute Gasteiger partial charge is 0.294 e. The van der Waals surface area contributed by atoms with Crippen LogP contribution in [0.15, 0.2) is 30.3 Å². The summed E-state index contributed by atoms with van der Waals surface area (Å²) in [5.41, 5.74) is 0.947. The first kappa shape index (κ1) is 11.7. The van der Waals surface area contributed by atoms with Crippen LogP contribution in [0.2, 0.25) is 0 Å². The number of carbonyl (C=O) groups excluding carboxylic acids is 1. The summed E-state index contributed by atoms with van der Waals surface area (Å²) in [6, 6.07) is 10.0. The van der Waals surface area contributed by atoms with Gasteiger partial charge in [0.05, 0.1) is 0 Å². The Kier molecular flexibility index (Phi) is 2.58. The second-order valence-electron chi connectivity index (χ2n) is 7.23. The molecule has 0 spiro atoms. The maximum absolute atomic E-state index is 13.0. The summed E-state index contributed by atoms with van der Waals surface area (Å²) in [6.07, 6.45) is 9.01. The van der Waals surface area contributed by atoms with Crippen LogP contribution in [0.5, 0.6) is 0 Å². The summed E-state index contributed by atoms with van der Waals surface area (Å²) in [5, 5.41) is 0. The summed E-state index contributed by atoms with van der Waals surface area (Å²) in [5.74, 6) is 3.06. The lowest BCUT2D eigenvalue weighted by atomic mass is 9.59. The van der Waals surface area contributed by atoms with Crippen molar-refractivity contribution in [3.8, 4) is 0 Å². The molecule has 0 amide bonds. The minimum Gasteiger partial charge on any atom is -0.294 e. The van der Waals surface area contributed by atoms with Gasteiger partial charge in [0.2, 0.25) is 0 Å². The molecule has 0 aromatic heterocycles. The molecule has 1 aromatic rings. The summed E-state index contributed by atoms with van der Waals surface area (Å²) in [4.78, 5) is 13.0. The first-order valence-corrected chi connectivity index (χ1v) is 7.85. The molecule has 1 nitrogen and oxygen atoms in total. The van der Waals surface area contributed by atoms with E-state index in [0.29, 0.717) is 5.78 Å². The molecule has 0 N–H and O–H groups in total. The zero-order valence-corrected chi connectivity index (χ0v) is 11.5. The monoisotopic (exact) mass is 254 g/mol. The predicted molar refractivity (Wildman–Crippen MR) is 76.0 cm³/mol. The van der Waals surface area contributed by atoms with Crippen molar-refractivity contribution >= 4 is 5.78 Å². The lowest BCUT2D eigenvalue weighted by Crippen LogP contribution is -2.39. The highest BCUT2D eigenvalue weighted by molar-refractivity contribution is 6.00. The maximum atomic E-state index is 13.0. The molecule has 0 heterocycles. The highest BCUT2D eigenvalue weighted by Crippen LogP contribution is 2.58. The summed E-state index contributed by atoms with van der Waals surface area (Å²) < 4.78 is 0. The van der Waals surface area contributed by atoms with Crippen molar-refractivity contribution in [1.29, 1.82) is 0 Å². The molecule has 5 rings (SSSR count). The van der Waals surface area contributed by atoms with Crippen LogP contribution in [-0.4, -0.2) is 5.78 Å². The molecular weight excluding hydrogens is 232 g/mol. The van der Waals surface area contributed by atoms with Crippen molar-refractivity contribution in [3.05, 3.63) is 35.9 Å². The van der Waals surface area contributed by atoms with Gasteiger partial charge in [0.1, 0.15) is 0 Å². The van der Waals surface area contributed by atoms with Gasteiger partial charge in [0.15, 0.2) is 5.78 Å². The van der Waals surface area contributed by atoms with E-state index in [0.717, 1.165) is 29.7 Å². The SMILES string of the molecule is O=C(c1ccccc1)C12CCC3C[C@@H](C[C@H](C3)C1)C2. The molecular formula is C18H22O. The number of benzene rings is 1. The second-order valence-corrected chi connectivity index (χ2v) is 7.23. The van der Waals surface area contributed by atoms with Crippen LogP contribution in [0, 0.1) is 23.2 Å². The van der Waals surface area contributed by atoms with Crippen molar-refractivity contribution in [2.24, 2.45) is 23.2 Å². The van der Waals surface area contributed by atoms with Crippen LogP contribution in [0.4, 0.5) is 0 Å². The topological polar surface area (TPSA) is 17.1 Å². The van der Waals surface area contributed by atoms with Crippen molar-refractivity contribution in [3.63, 3.8) is 0 Å². The molecule has 19 heavy (non-hydrogen) atoms. The number of carbonyl (C=O) groups is 1. The van der Waals surface area contributed by atoms with Gasteiger partial charge in [-0.2, -0.15) is 0 Å². The molecule has 0 radical (unpaired) electrons. The Balaban J connectivity index is 1.71. The minimum absolute atomic E-state index is 0.000185. The van der Waals surface area contributed by atoms with Gasteiger partial charge >= 0.3 is 0 Å². The van der Waals surface area contributed by atoms with Crippen molar-refractivity contribution in [2.45, 2.75) is 44.9 Å². The zero-order chi connectivity index (χ0) is 12.9. The molecule has 0 saturated heterocycles. The Morgan fingerprint density at radius 2 is 1.58 bits per heavy atom. The van der Waals surface area contributed by atoms with E-state index in [1.807, 2.05) is 30.3 Å². The van der Waals surface area contributed by atoms with Crippen LogP contribution < -0.4 is 0 Å². The highest BCUT2D eigenvalue weighted by atomic mass is 16.1. The fraction of sp³-hybridized carbons (Fsp3) is 0.611. The summed E-state index contributed by atoms with van der Waals surface area (Å²) >= 11 is 0. The van der Waals surface area contributed by atoms with E-state index < -0.39 is 0 Å². The van der Waals surface area contributed by atoms with E-state index in [-0.39, 0.29) is 5.41 Å². The van der Waals surface area contributed by atoms with E-state index >= 15 is 0 Å². The van der Waals surface area contributed by atoms with Crippen molar-refractivity contribution in [1.82, 2.24) is 0 Å². The van der Waals surface area contributed by atoms with Gasteiger partial charge in [-0.3, -0.25) is 4.79 Å². The predicted octanol–water partition coefficient (Wildman–Crippen LogP) is 4.48. The van der Waals surface area contributed by atoms with E-state index in [2.05, 4.69) is 0 Å². The third-order valence-corrected chi connectivity index (χ3v) is 5.91. The van der Waals surface area contributed by atoms with Gasteiger partial charge in [-0.1, -0.05) is 30.3 Å². The molecule has 4 bridgehead atoms. The van der Waals surface area contributed by atoms with Gasteiger partial charge in [0.25, 0.3) is 0 Å². The summed E-state index contributed by atoms with van der Waals surface area (Å²) in [7, 11) is 0. The van der Waals surface area contributed by atoms with Crippen molar-refractivity contribution < 1.29 is 4.79 Å². The first-order valence-electron chi connectivity index (χ1n) is 7.85.